The maximum absolute atomic E-state index is 11.9. The van der Waals surface area contributed by atoms with E-state index in [1.54, 1.807) is 14.1 Å². The zero-order chi connectivity index (χ0) is 14.5. The highest BCUT2D eigenvalue weighted by molar-refractivity contribution is 7.89. The van der Waals surface area contributed by atoms with Crippen molar-refractivity contribution in [3.8, 4) is 0 Å². The van der Waals surface area contributed by atoms with Gasteiger partial charge in [-0.05, 0) is 37.2 Å². The van der Waals surface area contributed by atoms with E-state index in [-0.39, 0.29) is 10.8 Å². The number of sulfonamides is 1. The number of amides is 1. The molecule has 106 valence electrons. The van der Waals surface area contributed by atoms with Gasteiger partial charge in [0.2, 0.25) is 10.0 Å². The summed E-state index contributed by atoms with van der Waals surface area (Å²) in [4.78, 5) is 13.2. The molecule has 0 atom stereocenters. The van der Waals surface area contributed by atoms with Crippen LogP contribution < -0.4 is 10.5 Å². The standard InChI is InChI=1S/C12H19N3O3S/c1-15(2)12(16)10-4-6-11(7-5-10)19(17,18)14-9-3-8-13/h4-7,14H,3,8-9,13H2,1-2H3. The van der Waals surface area contributed by atoms with Gasteiger partial charge in [-0.3, -0.25) is 4.79 Å². The van der Waals surface area contributed by atoms with Crippen LogP contribution in [0.1, 0.15) is 16.8 Å². The minimum atomic E-state index is -3.53. The van der Waals surface area contributed by atoms with Crippen LogP contribution in [-0.2, 0) is 10.0 Å². The van der Waals surface area contributed by atoms with Crippen molar-refractivity contribution in [2.75, 3.05) is 27.2 Å². The van der Waals surface area contributed by atoms with Crippen molar-refractivity contribution in [2.45, 2.75) is 11.3 Å². The van der Waals surface area contributed by atoms with Crippen molar-refractivity contribution in [3.63, 3.8) is 0 Å². The summed E-state index contributed by atoms with van der Waals surface area (Å²) in [5.41, 5.74) is 5.75. The molecule has 6 nitrogen and oxygen atoms in total. The van der Waals surface area contributed by atoms with Crippen molar-refractivity contribution in [3.05, 3.63) is 29.8 Å². The lowest BCUT2D eigenvalue weighted by Crippen LogP contribution is -2.26. The zero-order valence-electron chi connectivity index (χ0n) is 11.1. The summed E-state index contributed by atoms with van der Waals surface area (Å²) in [6.07, 6.45) is 0.580. The maximum atomic E-state index is 11.9. The number of carbonyl (C=O) groups excluding carboxylic acids is 1. The zero-order valence-corrected chi connectivity index (χ0v) is 11.9. The topological polar surface area (TPSA) is 92.5 Å². The Hall–Kier alpha value is -1.44. The van der Waals surface area contributed by atoms with E-state index >= 15 is 0 Å². The minimum Gasteiger partial charge on any atom is -0.345 e. The molecule has 0 aliphatic heterocycles. The van der Waals surface area contributed by atoms with Gasteiger partial charge in [0.15, 0.2) is 0 Å². The summed E-state index contributed by atoms with van der Waals surface area (Å²) in [6, 6.07) is 5.84. The monoisotopic (exact) mass is 285 g/mol. The molecule has 0 radical (unpaired) electrons. The van der Waals surface area contributed by atoms with E-state index in [4.69, 9.17) is 5.73 Å². The molecule has 0 unspecified atom stereocenters. The Balaban J connectivity index is 2.84. The molecule has 19 heavy (non-hydrogen) atoms. The first-order valence-corrected chi connectivity index (χ1v) is 7.38. The summed E-state index contributed by atoms with van der Waals surface area (Å²) in [6.45, 7) is 0.732. The van der Waals surface area contributed by atoms with Gasteiger partial charge in [0.05, 0.1) is 4.90 Å². The van der Waals surface area contributed by atoms with Crippen LogP contribution in [0.15, 0.2) is 29.2 Å². The summed E-state index contributed by atoms with van der Waals surface area (Å²) >= 11 is 0. The highest BCUT2D eigenvalue weighted by atomic mass is 32.2. The van der Waals surface area contributed by atoms with E-state index in [9.17, 15) is 13.2 Å². The van der Waals surface area contributed by atoms with E-state index in [1.807, 2.05) is 0 Å². The van der Waals surface area contributed by atoms with E-state index in [0.717, 1.165) is 0 Å². The summed E-state index contributed by atoms with van der Waals surface area (Å²) in [5.74, 6) is -0.167. The first-order chi connectivity index (χ1) is 8.88. The van der Waals surface area contributed by atoms with Gasteiger partial charge in [-0.1, -0.05) is 0 Å². The second kappa shape index (κ2) is 6.65. The number of nitrogens with two attached hydrogens (primary N) is 1. The van der Waals surface area contributed by atoms with Gasteiger partial charge in [0.1, 0.15) is 0 Å². The Morgan fingerprint density at radius 3 is 2.32 bits per heavy atom. The molecular formula is C12H19N3O3S. The molecule has 0 saturated heterocycles. The van der Waals surface area contributed by atoms with Gasteiger partial charge in [0, 0.05) is 26.2 Å². The fourth-order valence-corrected chi connectivity index (χ4v) is 2.50. The fourth-order valence-electron chi connectivity index (χ4n) is 1.43. The van der Waals surface area contributed by atoms with Crippen molar-refractivity contribution in [1.29, 1.82) is 0 Å². The van der Waals surface area contributed by atoms with Crippen molar-refractivity contribution >= 4 is 15.9 Å². The molecule has 7 heteroatoms. The lowest BCUT2D eigenvalue weighted by molar-refractivity contribution is 0.0827. The second-order valence-electron chi connectivity index (χ2n) is 4.26. The van der Waals surface area contributed by atoms with Crippen LogP contribution in [0.2, 0.25) is 0 Å². The summed E-state index contributed by atoms with van der Waals surface area (Å²) < 4.78 is 26.2. The maximum Gasteiger partial charge on any atom is 0.253 e. The van der Waals surface area contributed by atoms with Crippen LogP contribution in [0.5, 0.6) is 0 Å². The average Bonchev–Trinajstić information content (AvgIpc) is 2.38. The molecule has 0 heterocycles. The van der Waals surface area contributed by atoms with Gasteiger partial charge in [-0.25, -0.2) is 13.1 Å². The van der Waals surface area contributed by atoms with E-state index in [0.29, 0.717) is 25.1 Å². The number of hydrogen-bond donors (Lipinski definition) is 2. The molecule has 0 bridgehead atoms. The van der Waals surface area contributed by atoms with Gasteiger partial charge >= 0.3 is 0 Å². The van der Waals surface area contributed by atoms with E-state index < -0.39 is 10.0 Å². The Morgan fingerprint density at radius 1 is 1.26 bits per heavy atom. The fraction of sp³-hybridized carbons (Fsp3) is 0.417. The molecule has 0 saturated carbocycles. The molecule has 1 amide bonds. The Bertz CT molecular complexity index is 524. The Morgan fingerprint density at radius 2 is 1.84 bits per heavy atom. The molecule has 0 aliphatic carbocycles. The third-order valence-corrected chi connectivity index (χ3v) is 3.97. The van der Waals surface area contributed by atoms with Crippen LogP contribution in [0, 0.1) is 0 Å². The van der Waals surface area contributed by atoms with Crippen LogP contribution in [0.3, 0.4) is 0 Å². The van der Waals surface area contributed by atoms with Crippen LogP contribution >= 0.6 is 0 Å². The number of hydrogen-bond acceptors (Lipinski definition) is 4. The number of benzene rings is 1. The molecule has 1 rings (SSSR count). The Labute approximate surface area is 113 Å². The highest BCUT2D eigenvalue weighted by Crippen LogP contribution is 2.11. The summed E-state index contributed by atoms with van der Waals surface area (Å²) in [7, 11) is -0.245. The predicted molar refractivity (Wildman–Crippen MR) is 73.3 cm³/mol. The number of rotatable bonds is 6. The van der Waals surface area contributed by atoms with E-state index in [1.165, 1.54) is 29.2 Å². The lowest BCUT2D eigenvalue weighted by Gasteiger charge is -2.11. The van der Waals surface area contributed by atoms with Gasteiger partial charge in [0.25, 0.3) is 5.91 Å². The Kier molecular flexibility index (Phi) is 5.46. The quantitative estimate of drug-likeness (QED) is 0.720. The van der Waals surface area contributed by atoms with Gasteiger partial charge in [-0.2, -0.15) is 0 Å². The van der Waals surface area contributed by atoms with Crippen LogP contribution in [0.4, 0.5) is 0 Å². The number of nitrogens with zero attached hydrogens (tertiary/aromatic N) is 1. The van der Waals surface area contributed by atoms with Crippen molar-refractivity contribution in [1.82, 2.24) is 9.62 Å². The first kappa shape index (κ1) is 15.6. The molecule has 0 aromatic heterocycles. The first-order valence-electron chi connectivity index (χ1n) is 5.90. The molecule has 0 spiro atoms. The number of carbonyl (C=O) groups is 1. The molecule has 0 fully saturated rings. The third-order valence-electron chi connectivity index (χ3n) is 2.49. The normalized spacial score (nSPS) is 11.3. The predicted octanol–water partition coefficient (Wildman–Crippen LogP) is 0.0155. The van der Waals surface area contributed by atoms with Crippen molar-refractivity contribution < 1.29 is 13.2 Å². The summed E-state index contributed by atoms with van der Waals surface area (Å²) in [5, 5.41) is 0. The minimum absolute atomic E-state index is 0.139. The molecule has 3 N–H and O–H groups in total. The second-order valence-corrected chi connectivity index (χ2v) is 6.03. The largest absolute Gasteiger partial charge is 0.345 e. The van der Waals surface area contributed by atoms with Crippen LogP contribution in [0.25, 0.3) is 0 Å². The van der Waals surface area contributed by atoms with Gasteiger partial charge in [-0.15, -0.1) is 0 Å². The van der Waals surface area contributed by atoms with Crippen LogP contribution in [-0.4, -0.2) is 46.4 Å². The molecule has 1 aromatic rings. The smallest absolute Gasteiger partial charge is 0.253 e. The average molecular weight is 285 g/mol. The number of nitrogens with one attached hydrogen (secondary N) is 1. The molecular weight excluding hydrogens is 266 g/mol. The lowest BCUT2D eigenvalue weighted by atomic mass is 10.2. The third kappa shape index (κ3) is 4.30. The van der Waals surface area contributed by atoms with Gasteiger partial charge < -0.3 is 10.6 Å². The highest BCUT2D eigenvalue weighted by Gasteiger charge is 2.14. The van der Waals surface area contributed by atoms with E-state index in [2.05, 4.69) is 4.72 Å². The van der Waals surface area contributed by atoms with Crippen molar-refractivity contribution in [2.24, 2.45) is 5.73 Å². The SMILES string of the molecule is CN(C)C(=O)c1ccc(S(=O)(=O)NCCCN)cc1. The molecule has 0 aliphatic rings. The molecule has 1 aromatic carbocycles.